The lowest BCUT2D eigenvalue weighted by molar-refractivity contribution is -0.126. The monoisotopic (exact) mass is 458 g/mol. The molecule has 2 aromatic rings. The summed E-state index contributed by atoms with van der Waals surface area (Å²) >= 11 is 12.0. The molecule has 156 valence electrons. The number of halogens is 3. The van der Waals surface area contributed by atoms with Crippen LogP contribution in [0.5, 0.6) is 0 Å². The van der Waals surface area contributed by atoms with Gasteiger partial charge in [0.1, 0.15) is 5.82 Å². The Hall–Kier alpha value is -1.67. The smallest absolute Gasteiger partial charge is 0.224 e. The number of sulfonamides is 1. The molecule has 2 aromatic carbocycles. The number of carbonyl (C=O) groups excluding carboxylic acids is 1. The molecule has 0 saturated carbocycles. The zero-order valence-electron chi connectivity index (χ0n) is 15.6. The maximum Gasteiger partial charge on any atom is 0.224 e. The molecule has 0 aromatic heterocycles. The number of hydrogen-bond acceptors (Lipinski definition) is 3. The number of piperidine rings is 1. The highest BCUT2D eigenvalue weighted by molar-refractivity contribution is 7.88. The molecule has 0 bridgehead atoms. The van der Waals surface area contributed by atoms with Crippen LogP contribution in [0.2, 0.25) is 10.0 Å². The van der Waals surface area contributed by atoms with Crippen LogP contribution in [0.15, 0.2) is 42.5 Å². The fourth-order valence-corrected chi connectivity index (χ4v) is 5.47. The van der Waals surface area contributed by atoms with Crippen molar-refractivity contribution in [3.63, 3.8) is 0 Å². The Balaban J connectivity index is 1.61. The number of nitrogens with one attached hydrogen (secondary N) is 1. The van der Waals surface area contributed by atoms with Gasteiger partial charge < -0.3 is 5.32 Å². The van der Waals surface area contributed by atoms with Gasteiger partial charge in [-0.05, 0) is 48.2 Å². The van der Waals surface area contributed by atoms with Gasteiger partial charge in [0.15, 0.2) is 0 Å². The van der Waals surface area contributed by atoms with E-state index in [0.717, 1.165) is 5.56 Å². The first-order chi connectivity index (χ1) is 13.7. The summed E-state index contributed by atoms with van der Waals surface area (Å²) in [6, 6.07) is 10.6. The first kappa shape index (κ1) is 22.0. The fourth-order valence-electron chi connectivity index (χ4n) is 3.27. The summed E-state index contributed by atoms with van der Waals surface area (Å²) in [6.07, 6.45) is 1.21. The molecule has 3 rings (SSSR count). The molecule has 9 heteroatoms. The van der Waals surface area contributed by atoms with Crippen LogP contribution in [-0.2, 0) is 27.1 Å². The summed E-state index contributed by atoms with van der Waals surface area (Å²) < 4.78 is 40.0. The summed E-state index contributed by atoms with van der Waals surface area (Å²) in [7, 11) is -3.63. The Kier molecular flexibility index (Phi) is 7.16. The van der Waals surface area contributed by atoms with E-state index < -0.39 is 15.9 Å². The second-order valence-electron chi connectivity index (χ2n) is 7.03. The van der Waals surface area contributed by atoms with E-state index in [1.54, 1.807) is 24.3 Å². The molecule has 29 heavy (non-hydrogen) atoms. The van der Waals surface area contributed by atoms with E-state index in [1.807, 2.05) is 0 Å². The molecule has 1 saturated heterocycles. The molecule has 1 aliphatic rings. The highest BCUT2D eigenvalue weighted by Gasteiger charge is 2.32. The Bertz CT molecular complexity index is 984. The Morgan fingerprint density at radius 3 is 2.59 bits per heavy atom. The third kappa shape index (κ3) is 5.92. The predicted molar refractivity (Wildman–Crippen MR) is 112 cm³/mol. The van der Waals surface area contributed by atoms with Gasteiger partial charge in [0.2, 0.25) is 15.9 Å². The number of hydrogen-bond donors (Lipinski definition) is 1. The van der Waals surface area contributed by atoms with Crippen LogP contribution in [0.3, 0.4) is 0 Å². The molecule has 1 heterocycles. The van der Waals surface area contributed by atoms with Gasteiger partial charge in [-0.15, -0.1) is 0 Å². The van der Waals surface area contributed by atoms with Crippen LogP contribution in [0.25, 0.3) is 0 Å². The van der Waals surface area contributed by atoms with Gasteiger partial charge in [0.25, 0.3) is 0 Å². The highest BCUT2D eigenvalue weighted by Crippen LogP contribution is 2.26. The van der Waals surface area contributed by atoms with Crippen LogP contribution in [0.1, 0.15) is 24.0 Å². The Labute approximate surface area is 179 Å². The minimum atomic E-state index is -3.63. The van der Waals surface area contributed by atoms with E-state index in [4.69, 9.17) is 23.2 Å². The molecule has 5 nitrogen and oxygen atoms in total. The van der Waals surface area contributed by atoms with E-state index in [-0.39, 0.29) is 30.6 Å². The van der Waals surface area contributed by atoms with Crippen molar-refractivity contribution in [3.05, 3.63) is 69.5 Å². The second kappa shape index (κ2) is 9.43. The Morgan fingerprint density at radius 1 is 1.17 bits per heavy atom. The molecule has 1 unspecified atom stereocenters. The maximum atomic E-state index is 13.0. The first-order valence-corrected chi connectivity index (χ1v) is 11.5. The molecule has 1 N–H and O–H groups in total. The zero-order chi connectivity index (χ0) is 21.0. The van der Waals surface area contributed by atoms with Crippen LogP contribution < -0.4 is 5.32 Å². The lowest BCUT2D eigenvalue weighted by Gasteiger charge is -2.31. The Morgan fingerprint density at radius 2 is 1.90 bits per heavy atom. The minimum absolute atomic E-state index is 0.128. The number of amides is 1. The van der Waals surface area contributed by atoms with Crippen LogP contribution >= 0.6 is 23.2 Å². The molecular formula is C20H21Cl2FN2O3S. The molecule has 0 aliphatic carbocycles. The average molecular weight is 459 g/mol. The van der Waals surface area contributed by atoms with Gasteiger partial charge in [-0.3, -0.25) is 4.79 Å². The summed E-state index contributed by atoms with van der Waals surface area (Å²) in [6.45, 7) is 0.765. The third-order valence-electron chi connectivity index (χ3n) is 4.88. The van der Waals surface area contributed by atoms with Crippen molar-refractivity contribution in [2.45, 2.75) is 25.1 Å². The number of carbonyl (C=O) groups is 1. The van der Waals surface area contributed by atoms with Crippen molar-refractivity contribution in [2.24, 2.45) is 5.92 Å². The summed E-state index contributed by atoms with van der Waals surface area (Å²) in [5.41, 5.74) is 1.25. The molecule has 0 spiro atoms. The lowest BCUT2D eigenvalue weighted by Crippen LogP contribution is -2.45. The summed E-state index contributed by atoms with van der Waals surface area (Å²) in [4.78, 5) is 12.5. The van der Waals surface area contributed by atoms with Crippen molar-refractivity contribution in [3.8, 4) is 0 Å². The zero-order valence-corrected chi connectivity index (χ0v) is 17.9. The number of rotatable bonds is 6. The van der Waals surface area contributed by atoms with Crippen molar-refractivity contribution < 1.29 is 17.6 Å². The molecule has 1 amide bonds. The van der Waals surface area contributed by atoms with Gasteiger partial charge in [0, 0.05) is 29.7 Å². The lowest BCUT2D eigenvalue weighted by atomic mass is 9.99. The number of nitrogens with zero attached hydrogens (tertiary/aromatic N) is 1. The highest BCUT2D eigenvalue weighted by atomic mass is 35.5. The maximum absolute atomic E-state index is 13.0. The van der Waals surface area contributed by atoms with Crippen molar-refractivity contribution in [1.29, 1.82) is 0 Å². The minimum Gasteiger partial charge on any atom is -0.352 e. The van der Waals surface area contributed by atoms with Crippen LogP contribution in [0.4, 0.5) is 4.39 Å². The molecule has 1 atom stereocenters. The van der Waals surface area contributed by atoms with E-state index in [0.29, 0.717) is 35.0 Å². The van der Waals surface area contributed by atoms with Gasteiger partial charge in [0.05, 0.1) is 11.7 Å². The predicted octanol–water partition coefficient (Wildman–Crippen LogP) is 3.99. The SMILES string of the molecule is O=C(NCc1ccc(F)cc1)C1CCCN(S(=O)(=O)Cc2ccc(Cl)cc2Cl)C1. The molecule has 1 fully saturated rings. The van der Waals surface area contributed by atoms with E-state index in [1.165, 1.54) is 22.5 Å². The second-order valence-corrected chi connectivity index (χ2v) is 9.85. The largest absolute Gasteiger partial charge is 0.352 e. The van der Waals surface area contributed by atoms with Crippen molar-refractivity contribution in [1.82, 2.24) is 9.62 Å². The number of benzene rings is 2. The van der Waals surface area contributed by atoms with E-state index in [9.17, 15) is 17.6 Å². The summed E-state index contributed by atoms with van der Waals surface area (Å²) in [5, 5.41) is 3.54. The summed E-state index contributed by atoms with van der Waals surface area (Å²) in [5.74, 6) is -1.22. The van der Waals surface area contributed by atoms with E-state index in [2.05, 4.69) is 5.32 Å². The van der Waals surface area contributed by atoms with Crippen molar-refractivity contribution in [2.75, 3.05) is 13.1 Å². The van der Waals surface area contributed by atoms with Gasteiger partial charge in [-0.1, -0.05) is 41.4 Å². The van der Waals surface area contributed by atoms with E-state index >= 15 is 0 Å². The van der Waals surface area contributed by atoms with Gasteiger partial charge in [-0.2, -0.15) is 0 Å². The van der Waals surface area contributed by atoms with Gasteiger partial charge in [-0.25, -0.2) is 17.1 Å². The third-order valence-corrected chi connectivity index (χ3v) is 7.26. The van der Waals surface area contributed by atoms with Gasteiger partial charge >= 0.3 is 0 Å². The topological polar surface area (TPSA) is 66.5 Å². The van der Waals surface area contributed by atoms with Crippen molar-refractivity contribution >= 4 is 39.1 Å². The quantitative estimate of drug-likeness (QED) is 0.711. The first-order valence-electron chi connectivity index (χ1n) is 9.18. The molecule has 0 radical (unpaired) electrons. The molecule has 1 aliphatic heterocycles. The van der Waals surface area contributed by atoms with Crippen LogP contribution in [-0.4, -0.2) is 31.7 Å². The molecular weight excluding hydrogens is 438 g/mol. The fraction of sp³-hybridized carbons (Fsp3) is 0.350. The van der Waals surface area contributed by atoms with Crippen LogP contribution in [0, 0.1) is 11.7 Å². The average Bonchev–Trinajstić information content (AvgIpc) is 2.69. The normalized spacial score (nSPS) is 17.8. The standard InChI is InChI=1S/C20H21Cl2FN2O3S/c21-17-6-5-16(19(22)10-17)13-29(27,28)25-9-1-2-15(12-25)20(26)24-11-14-3-7-18(23)8-4-14/h3-8,10,15H,1-2,9,11-13H2,(H,24,26).